The average molecular weight is 294 g/mol. The summed E-state index contributed by atoms with van der Waals surface area (Å²) in [6.45, 7) is 2.80. The van der Waals surface area contributed by atoms with Crippen LogP contribution in [0.5, 0.6) is 0 Å². The summed E-state index contributed by atoms with van der Waals surface area (Å²) in [5.41, 5.74) is 9.07. The van der Waals surface area contributed by atoms with E-state index < -0.39 is 6.04 Å². The van der Waals surface area contributed by atoms with Crippen LogP contribution in [0.2, 0.25) is 0 Å². The molecule has 1 aromatic rings. The van der Waals surface area contributed by atoms with Gasteiger partial charge in [0.15, 0.2) is 0 Å². The van der Waals surface area contributed by atoms with Crippen LogP contribution in [0.1, 0.15) is 18.5 Å². The van der Waals surface area contributed by atoms with Gasteiger partial charge in [-0.25, -0.2) is 4.79 Å². The molecule has 1 unspecified atom stereocenters. The molecule has 108 valence electrons. The summed E-state index contributed by atoms with van der Waals surface area (Å²) in [5, 5.41) is 6.48. The number of ether oxygens (including phenoxy) is 1. The fourth-order valence-electron chi connectivity index (χ4n) is 1.66. The lowest BCUT2D eigenvalue weighted by molar-refractivity contribution is -0.145. The van der Waals surface area contributed by atoms with Crippen LogP contribution >= 0.6 is 11.8 Å². The fourth-order valence-corrected chi connectivity index (χ4v) is 2.07. The minimum Gasteiger partial charge on any atom is -0.465 e. The molecule has 0 heterocycles. The summed E-state index contributed by atoms with van der Waals surface area (Å²) in [6.07, 6.45) is 2.00. The molecular weight excluding hydrogens is 276 g/mol. The van der Waals surface area contributed by atoms with Gasteiger partial charge in [-0.2, -0.15) is 0 Å². The van der Waals surface area contributed by atoms with Crippen LogP contribution in [0.15, 0.2) is 34.3 Å². The van der Waals surface area contributed by atoms with E-state index in [1.165, 1.54) is 0 Å². The highest BCUT2D eigenvalue weighted by Crippen LogP contribution is 2.20. The van der Waals surface area contributed by atoms with Crippen molar-refractivity contribution in [2.45, 2.75) is 17.9 Å². The van der Waals surface area contributed by atoms with Crippen LogP contribution in [0.25, 0.3) is 10.4 Å². The van der Waals surface area contributed by atoms with E-state index in [0.717, 1.165) is 10.5 Å². The van der Waals surface area contributed by atoms with Gasteiger partial charge in [0.05, 0.1) is 6.61 Å². The largest absolute Gasteiger partial charge is 0.465 e. The lowest BCUT2D eigenvalue weighted by Gasteiger charge is -2.17. The normalized spacial score (nSPS) is 11.5. The summed E-state index contributed by atoms with van der Waals surface area (Å²) < 4.78 is 5.06. The second-order valence-corrected chi connectivity index (χ2v) is 4.75. The quantitative estimate of drug-likeness (QED) is 0.199. The summed E-state index contributed by atoms with van der Waals surface area (Å²) >= 11 is 1.64. The van der Waals surface area contributed by atoms with E-state index in [2.05, 4.69) is 15.3 Å². The van der Waals surface area contributed by atoms with E-state index in [-0.39, 0.29) is 12.5 Å². The first-order valence-electron chi connectivity index (χ1n) is 6.27. The molecular formula is C13H18N4O2S. The Morgan fingerprint density at radius 1 is 1.50 bits per heavy atom. The lowest BCUT2D eigenvalue weighted by atomic mass is 10.1. The Hall–Kier alpha value is -1.69. The first kappa shape index (κ1) is 16.4. The van der Waals surface area contributed by atoms with Crippen molar-refractivity contribution in [2.24, 2.45) is 5.11 Å². The zero-order chi connectivity index (χ0) is 14.8. The highest BCUT2D eigenvalue weighted by molar-refractivity contribution is 7.98. The summed E-state index contributed by atoms with van der Waals surface area (Å²) in [5.74, 6) is -0.328. The van der Waals surface area contributed by atoms with Gasteiger partial charge in [-0.15, -0.1) is 11.8 Å². The highest BCUT2D eigenvalue weighted by Gasteiger charge is 2.20. The van der Waals surface area contributed by atoms with E-state index in [9.17, 15) is 4.79 Å². The minimum atomic E-state index is -0.542. The van der Waals surface area contributed by atoms with Gasteiger partial charge in [0, 0.05) is 22.9 Å². The average Bonchev–Trinajstić information content (AvgIpc) is 2.48. The summed E-state index contributed by atoms with van der Waals surface area (Å²) in [6, 6.07) is 7.17. The van der Waals surface area contributed by atoms with Crippen molar-refractivity contribution in [3.05, 3.63) is 40.3 Å². The second kappa shape index (κ2) is 9.25. The molecule has 0 spiro atoms. The Kier molecular flexibility index (Phi) is 7.57. The standard InChI is InChI=1S/C13H18N4O2S/c1-3-19-13(18)12(15-8-9-16-17-14)10-4-6-11(20-2)7-5-10/h4-7,12,15H,3,8-9H2,1-2H3. The lowest BCUT2D eigenvalue weighted by Crippen LogP contribution is -2.31. The smallest absolute Gasteiger partial charge is 0.327 e. The molecule has 6 nitrogen and oxygen atoms in total. The van der Waals surface area contributed by atoms with Gasteiger partial charge >= 0.3 is 5.97 Å². The third-order valence-electron chi connectivity index (χ3n) is 2.59. The molecule has 0 aliphatic carbocycles. The number of carbonyl (C=O) groups excluding carboxylic acids is 1. The Morgan fingerprint density at radius 3 is 2.75 bits per heavy atom. The number of benzene rings is 1. The number of azide groups is 1. The molecule has 0 aliphatic heterocycles. The molecule has 0 saturated heterocycles. The number of nitrogens with zero attached hydrogens (tertiary/aromatic N) is 3. The van der Waals surface area contributed by atoms with Crippen LogP contribution in [-0.2, 0) is 9.53 Å². The molecule has 0 amide bonds. The van der Waals surface area contributed by atoms with Gasteiger partial charge in [-0.3, -0.25) is 0 Å². The van der Waals surface area contributed by atoms with Gasteiger partial charge in [-0.1, -0.05) is 17.2 Å². The monoisotopic (exact) mass is 294 g/mol. The molecule has 0 radical (unpaired) electrons. The Labute approximate surface area is 122 Å². The molecule has 7 heteroatoms. The molecule has 0 fully saturated rings. The van der Waals surface area contributed by atoms with Gasteiger partial charge < -0.3 is 10.1 Å². The van der Waals surface area contributed by atoms with E-state index >= 15 is 0 Å². The highest BCUT2D eigenvalue weighted by atomic mass is 32.2. The molecule has 1 rings (SSSR count). The molecule has 1 N–H and O–H groups in total. The first-order chi connectivity index (χ1) is 9.72. The van der Waals surface area contributed by atoms with Crippen LogP contribution in [0.4, 0.5) is 0 Å². The third kappa shape index (κ3) is 5.13. The maximum atomic E-state index is 12.0. The number of thioether (sulfide) groups is 1. The molecule has 0 aromatic heterocycles. The zero-order valence-electron chi connectivity index (χ0n) is 11.6. The first-order valence-corrected chi connectivity index (χ1v) is 7.50. The van der Waals surface area contributed by atoms with Gasteiger partial charge in [0.2, 0.25) is 0 Å². The minimum absolute atomic E-state index is 0.287. The van der Waals surface area contributed by atoms with E-state index in [1.807, 2.05) is 30.5 Å². The summed E-state index contributed by atoms with van der Waals surface area (Å²) in [4.78, 5) is 15.8. The Bertz CT molecular complexity index is 472. The van der Waals surface area contributed by atoms with Crippen LogP contribution in [0, 0.1) is 0 Å². The third-order valence-corrected chi connectivity index (χ3v) is 3.34. The zero-order valence-corrected chi connectivity index (χ0v) is 12.4. The molecule has 1 aromatic carbocycles. The maximum Gasteiger partial charge on any atom is 0.327 e. The van der Waals surface area contributed by atoms with Crippen molar-refractivity contribution < 1.29 is 9.53 Å². The predicted molar refractivity (Wildman–Crippen MR) is 79.6 cm³/mol. The van der Waals surface area contributed by atoms with Crippen LogP contribution in [0.3, 0.4) is 0 Å². The van der Waals surface area contributed by atoms with E-state index in [1.54, 1.807) is 18.7 Å². The van der Waals surface area contributed by atoms with Gasteiger partial charge in [0.25, 0.3) is 0 Å². The van der Waals surface area contributed by atoms with Gasteiger partial charge in [-0.05, 0) is 36.4 Å². The number of hydrogen-bond acceptors (Lipinski definition) is 5. The van der Waals surface area contributed by atoms with Crippen molar-refractivity contribution in [3.63, 3.8) is 0 Å². The molecule has 0 aliphatic rings. The Morgan fingerprint density at radius 2 is 2.20 bits per heavy atom. The fraction of sp³-hybridized carbons (Fsp3) is 0.462. The topological polar surface area (TPSA) is 87.1 Å². The van der Waals surface area contributed by atoms with Crippen LogP contribution in [-0.4, -0.2) is 31.9 Å². The summed E-state index contributed by atoms with van der Waals surface area (Å²) in [7, 11) is 0. The van der Waals surface area contributed by atoms with E-state index in [0.29, 0.717) is 13.2 Å². The van der Waals surface area contributed by atoms with Crippen LogP contribution < -0.4 is 5.32 Å². The SMILES string of the molecule is CCOC(=O)C(NCCN=[N+]=[N-])c1ccc(SC)cc1. The van der Waals surface area contributed by atoms with E-state index in [4.69, 9.17) is 10.3 Å². The molecule has 20 heavy (non-hydrogen) atoms. The van der Waals surface area contributed by atoms with Gasteiger partial charge in [0.1, 0.15) is 6.04 Å². The van der Waals surface area contributed by atoms with Crippen molar-refractivity contribution in [3.8, 4) is 0 Å². The number of esters is 1. The number of nitrogens with one attached hydrogen (secondary N) is 1. The van der Waals surface area contributed by atoms with Crippen molar-refractivity contribution in [2.75, 3.05) is 26.0 Å². The van der Waals surface area contributed by atoms with Crippen molar-refractivity contribution >= 4 is 17.7 Å². The number of rotatable bonds is 8. The molecule has 0 saturated carbocycles. The second-order valence-electron chi connectivity index (χ2n) is 3.87. The molecule has 0 bridgehead atoms. The predicted octanol–water partition coefficient (Wildman–Crippen LogP) is 2.91. The Balaban J connectivity index is 2.78. The van der Waals surface area contributed by atoms with Crippen molar-refractivity contribution in [1.82, 2.24) is 5.32 Å². The number of hydrogen-bond donors (Lipinski definition) is 1. The maximum absolute atomic E-state index is 12.0. The molecule has 1 atom stereocenters. The van der Waals surface area contributed by atoms with Crippen molar-refractivity contribution in [1.29, 1.82) is 0 Å². The number of carbonyl (C=O) groups is 1.